The molecule has 2 aromatic heterocycles. The molecule has 4 aromatic carbocycles. The number of hydrogen-bond donors (Lipinski definition) is 1. The van der Waals surface area contributed by atoms with E-state index < -0.39 is 5.97 Å². The summed E-state index contributed by atoms with van der Waals surface area (Å²) in [5, 5.41) is 14.8. The van der Waals surface area contributed by atoms with Crippen LogP contribution in [0.2, 0.25) is 0 Å². The fourth-order valence-electron chi connectivity index (χ4n) is 4.73. The minimum atomic E-state index is -0.986. The number of furan rings is 1. The number of nitrogens with zero attached hydrogens (tertiary/aromatic N) is 3. The Balaban J connectivity index is 1.35. The molecule has 10 nitrogen and oxygen atoms in total. The van der Waals surface area contributed by atoms with E-state index in [0.717, 1.165) is 10.9 Å². The molecule has 0 bridgehead atoms. The molecule has 0 saturated carbocycles. The van der Waals surface area contributed by atoms with Crippen LogP contribution in [0.3, 0.4) is 0 Å². The van der Waals surface area contributed by atoms with Gasteiger partial charge in [0, 0.05) is 0 Å². The largest absolute Gasteiger partial charge is 0.496 e. The van der Waals surface area contributed by atoms with E-state index in [1.807, 2.05) is 31.2 Å². The average Bonchev–Trinajstić information content (AvgIpc) is 3.49. The number of rotatable bonds is 10. The zero-order chi connectivity index (χ0) is 30.6. The molecule has 6 aromatic rings. The molecule has 0 unspecified atom stereocenters. The number of carboxylic acids is 1. The zero-order valence-corrected chi connectivity index (χ0v) is 23.9. The first-order chi connectivity index (χ1) is 21.4. The maximum absolute atomic E-state index is 13.6. The first-order valence-corrected chi connectivity index (χ1v) is 13.8. The van der Waals surface area contributed by atoms with Gasteiger partial charge in [0.15, 0.2) is 17.3 Å². The van der Waals surface area contributed by atoms with Crippen molar-refractivity contribution in [3.8, 4) is 28.8 Å². The number of ether oxygens (including phenoxy) is 3. The Morgan fingerprint density at radius 2 is 1.75 bits per heavy atom. The van der Waals surface area contributed by atoms with E-state index in [0.29, 0.717) is 51.7 Å². The summed E-state index contributed by atoms with van der Waals surface area (Å²) >= 11 is 0. The fraction of sp³-hybridized carbons (Fsp3) is 0.118. The van der Waals surface area contributed by atoms with Crippen LogP contribution in [0.15, 0.2) is 105 Å². The molecule has 0 amide bonds. The number of hydrogen-bond acceptors (Lipinski definition) is 8. The van der Waals surface area contributed by atoms with Gasteiger partial charge < -0.3 is 23.7 Å². The minimum Gasteiger partial charge on any atom is -0.496 e. The molecule has 6 rings (SSSR count). The van der Waals surface area contributed by atoms with Gasteiger partial charge in [0.25, 0.3) is 5.56 Å². The van der Waals surface area contributed by atoms with E-state index in [9.17, 15) is 9.59 Å². The average molecular weight is 590 g/mol. The van der Waals surface area contributed by atoms with Crippen LogP contribution < -0.4 is 19.8 Å². The summed E-state index contributed by atoms with van der Waals surface area (Å²) in [4.78, 5) is 29.5. The molecule has 0 spiro atoms. The standard InChI is InChI=1S/C34H27N3O7/c1-3-42-30-17-22(13-16-29(30)43-20-21-11-14-23(15-12-21)34(39)40)19-35-37-32(36-26-8-5-4-7-24(26)33(37)38)31-18-25-27(41-2)9-6-10-28(25)44-31/h4-19H,3,20H2,1-2H3,(H,39,40). The summed E-state index contributed by atoms with van der Waals surface area (Å²) in [6, 6.07) is 26.1. The number of carboxylic acid groups (broad SMARTS) is 1. The number of methoxy groups -OCH3 is 1. The van der Waals surface area contributed by atoms with Gasteiger partial charge in [-0.15, -0.1) is 0 Å². The summed E-state index contributed by atoms with van der Waals surface area (Å²) in [6.45, 7) is 2.49. The second-order valence-electron chi connectivity index (χ2n) is 9.73. The van der Waals surface area contributed by atoms with Crippen LogP contribution in [0, 0.1) is 0 Å². The number of para-hydroxylation sites is 1. The fourth-order valence-corrected chi connectivity index (χ4v) is 4.73. The molecule has 0 fully saturated rings. The van der Waals surface area contributed by atoms with Gasteiger partial charge in [-0.25, -0.2) is 9.78 Å². The molecule has 44 heavy (non-hydrogen) atoms. The first kappa shape index (κ1) is 28.2. The van der Waals surface area contributed by atoms with Crippen molar-refractivity contribution in [1.82, 2.24) is 9.66 Å². The zero-order valence-electron chi connectivity index (χ0n) is 23.9. The molecule has 10 heteroatoms. The third-order valence-corrected chi connectivity index (χ3v) is 6.90. The van der Waals surface area contributed by atoms with Gasteiger partial charge >= 0.3 is 5.97 Å². The molecular weight excluding hydrogens is 562 g/mol. The quantitative estimate of drug-likeness (QED) is 0.183. The number of fused-ring (bicyclic) bond motifs is 2. The van der Waals surface area contributed by atoms with Crippen molar-refractivity contribution in [2.45, 2.75) is 13.5 Å². The summed E-state index contributed by atoms with van der Waals surface area (Å²) in [5.74, 6) is 1.25. The lowest BCUT2D eigenvalue weighted by atomic mass is 10.1. The van der Waals surface area contributed by atoms with Crippen LogP contribution in [-0.2, 0) is 6.61 Å². The van der Waals surface area contributed by atoms with Crippen LogP contribution in [0.25, 0.3) is 33.5 Å². The first-order valence-electron chi connectivity index (χ1n) is 13.8. The van der Waals surface area contributed by atoms with Crippen LogP contribution in [-0.4, -0.2) is 40.7 Å². The maximum atomic E-state index is 13.6. The highest BCUT2D eigenvalue weighted by Gasteiger charge is 2.18. The van der Waals surface area contributed by atoms with E-state index in [4.69, 9.17) is 28.7 Å². The Bertz CT molecular complexity index is 2080. The number of carbonyl (C=O) groups is 1. The molecule has 0 aliphatic heterocycles. The van der Waals surface area contributed by atoms with Crippen molar-refractivity contribution in [1.29, 1.82) is 0 Å². The lowest BCUT2D eigenvalue weighted by Crippen LogP contribution is -2.20. The highest BCUT2D eigenvalue weighted by molar-refractivity contribution is 5.89. The Morgan fingerprint density at radius 3 is 2.52 bits per heavy atom. The van der Waals surface area contributed by atoms with Crippen molar-refractivity contribution in [2.24, 2.45) is 5.10 Å². The molecular formula is C34H27N3O7. The smallest absolute Gasteiger partial charge is 0.335 e. The van der Waals surface area contributed by atoms with E-state index in [1.54, 1.807) is 67.9 Å². The van der Waals surface area contributed by atoms with E-state index in [2.05, 4.69) is 5.10 Å². The lowest BCUT2D eigenvalue weighted by molar-refractivity contribution is 0.0697. The van der Waals surface area contributed by atoms with Gasteiger partial charge in [0.2, 0.25) is 5.82 Å². The van der Waals surface area contributed by atoms with E-state index >= 15 is 0 Å². The Kier molecular flexibility index (Phi) is 7.79. The van der Waals surface area contributed by atoms with Crippen molar-refractivity contribution in [3.63, 3.8) is 0 Å². The molecule has 2 heterocycles. The van der Waals surface area contributed by atoms with Gasteiger partial charge in [-0.1, -0.05) is 30.3 Å². The molecule has 1 N–H and O–H groups in total. The van der Waals surface area contributed by atoms with Crippen molar-refractivity contribution < 1.29 is 28.5 Å². The Labute approximate surface area is 251 Å². The van der Waals surface area contributed by atoms with E-state index in [1.165, 1.54) is 16.8 Å². The van der Waals surface area contributed by atoms with Crippen LogP contribution in [0.5, 0.6) is 17.2 Å². The van der Waals surface area contributed by atoms with Gasteiger partial charge in [0.1, 0.15) is 17.9 Å². The molecule has 0 atom stereocenters. The SMILES string of the molecule is CCOc1cc(C=Nn2c(-c3cc4c(OC)cccc4o3)nc3ccccc3c2=O)ccc1OCc1ccc(C(=O)O)cc1. The highest BCUT2D eigenvalue weighted by Crippen LogP contribution is 2.33. The molecule has 0 aliphatic rings. The second kappa shape index (κ2) is 12.1. The van der Waals surface area contributed by atoms with E-state index in [-0.39, 0.29) is 23.6 Å². The van der Waals surface area contributed by atoms with Crippen LogP contribution >= 0.6 is 0 Å². The Hall–Kier alpha value is -5.90. The summed E-state index contributed by atoms with van der Waals surface area (Å²) in [7, 11) is 1.58. The van der Waals surface area contributed by atoms with Gasteiger partial charge in [0.05, 0.1) is 41.8 Å². The highest BCUT2D eigenvalue weighted by atomic mass is 16.5. The normalized spacial score (nSPS) is 11.3. The third kappa shape index (κ3) is 5.60. The second-order valence-corrected chi connectivity index (χ2v) is 9.73. The predicted octanol–water partition coefficient (Wildman–Crippen LogP) is 6.38. The van der Waals surface area contributed by atoms with Crippen molar-refractivity contribution >= 4 is 34.1 Å². The molecule has 0 saturated heterocycles. The topological polar surface area (TPSA) is 125 Å². The van der Waals surface area contributed by atoms with Gasteiger partial charge in [-0.2, -0.15) is 9.78 Å². The van der Waals surface area contributed by atoms with Crippen molar-refractivity contribution in [2.75, 3.05) is 13.7 Å². The number of aromatic nitrogens is 2. The molecule has 220 valence electrons. The molecule has 0 aliphatic carbocycles. The molecule has 0 radical (unpaired) electrons. The van der Waals surface area contributed by atoms with Crippen LogP contribution in [0.1, 0.15) is 28.4 Å². The van der Waals surface area contributed by atoms with Crippen molar-refractivity contribution in [3.05, 3.63) is 118 Å². The maximum Gasteiger partial charge on any atom is 0.335 e. The van der Waals surface area contributed by atoms with Crippen LogP contribution in [0.4, 0.5) is 0 Å². The Morgan fingerprint density at radius 1 is 0.932 bits per heavy atom. The van der Waals surface area contributed by atoms with Gasteiger partial charge in [-0.3, -0.25) is 4.79 Å². The summed E-state index contributed by atoms with van der Waals surface area (Å²) in [5.41, 5.74) is 2.42. The third-order valence-electron chi connectivity index (χ3n) is 6.90. The summed E-state index contributed by atoms with van der Waals surface area (Å²) in [6.07, 6.45) is 1.54. The minimum absolute atomic E-state index is 0.205. The number of benzene rings is 4. The van der Waals surface area contributed by atoms with Gasteiger partial charge in [-0.05, 0) is 78.7 Å². The number of aromatic carboxylic acids is 1. The lowest BCUT2D eigenvalue weighted by Gasteiger charge is -2.13. The summed E-state index contributed by atoms with van der Waals surface area (Å²) < 4.78 is 24.6. The predicted molar refractivity (Wildman–Crippen MR) is 166 cm³/mol. The monoisotopic (exact) mass is 589 g/mol.